The second-order valence-electron chi connectivity index (χ2n) is 7.23. The van der Waals surface area contributed by atoms with Gasteiger partial charge in [0.15, 0.2) is 23.0 Å². The molecule has 2 heterocycles. The highest BCUT2D eigenvalue weighted by Crippen LogP contribution is 2.40. The molecule has 0 bridgehead atoms. The lowest BCUT2D eigenvalue weighted by Crippen LogP contribution is -2.33. The second-order valence-corrected chi connectivity index (χ2v) is 7.23. The van der Waals surface area contributed by atoms with Crippen molar-refractivity contribution in [3.05, 3.63) is 47.5 Å². The minimum absolute atomic E-state index is 0.110. The Morgan fingerprint density at radius 2 is 1.66 bits per heavy atom. The van der Waals surface area contributed by atoms with Crippen LogP contribution >= 0.6 is 0 Å². The van der Waals surface area contributed by atoms with Crippen molar-refractivity contribution in [2.45, 2.75) is 26.3 Å². The maximum Gasteiger partial charge on any atom is 0.231 e. The van der Waals surface area contributed by atoms with E-state index in [0.29, 0.717) is 13.2 Å². The fraction of sp³-hybridized carbons (Fsp3) is 0.478. The van der Waals surface area contributed by atoms with E-state index in [9.17, 15) is 0 Å². The van der Waals surface area contributed by atoms with E-state index in [1.165, 1.54) is 11.1 Å². The fourth-order valence-electron chi connectivity index (χ4n) is 4.06. The minimum atomic E-state index is 0.110. The number of nitrogens with zero attached hydrogens (tertiary/aromatic N) is 1. The molecule has 0 aromatic heterocycles. The van der Waals surface area contributed by atoms with E-state index in [4.69, 9.17) is 18.9 Å². The van der Waals surface area contributed by atoms with Crippen molar-refractivity contribution in [2.24, 2.45) is 0 Å². The van der Waals surface area contributed by atoms with Crippen LogP contribution < -0.4 is 24.3 Å². The molecule has 0 radical (unpaired) electrons. The van der Waals surface area contributed by atoms with Crippen molar-refractivity contribution in [1.29, 1.82) is 0 Å². The lowest BCUT2D eigenvalue weighted by atomic mass is 9.95. The van der Waals surface area contributed by atoms with Gasteiger partial charge in [0, 0.05) is 19.6 Å². The Labute approximate surface area is 172 Å². The van der Waals surface area contributed by atoms with Crippen LogP contribution in [0.5, 0.6) is 23.0 Å². The summed E-state index contributed by atoms with van der Waals surface area (Å²) < 4.78 is 22.8. The van der Waals surface area contributed by atoms with Crippen LogP contribution in [0.4, 0.5) is 0 Å². The zero-order chi connectivity index (χ0) is 20.1. The molecule has 156 valence electrons. The monoisotopic (exact) mass is 398 g/mol. The number of rotatable bonds is 7. The highest BCUT2D eigenvalue weighted by atomic mass is 16.7. The molecule has 1 N–H and O–H groups in total. The van der Waals surface area contributed by atoms with E-state index in [1.807, 2.05) is 26.0 Å². The molecular formula is C23H30N2O4. The number of ether oxygens (including phenoxy) is 4. The maximum absolute atomic E-state index is 5.90. The molecule has 6 heteroatoms. The fourth-order valence-corrected chi connectivity index (χ4v) is 4.06. The molecule has 0 saturated carbocycles. The summed E-state index contributed by atoms with van der Waals surface area (Å²) in [6.45, 7) is 9.54. The molecule has 0 amide bonds. The smallest absolute Gasteiger partial charge is 0.231 e. The van der Waals surface area contributed by atoms with Crippen LogP contribution in [-0.2, 0) is 0 Å². The summed E-state index contributed by atoms with van der Waals surface area (Å²) in [6.07, 6.45) is 1.12. The van der Waals surface area contributed by atoms with E-state index < -0.39 is 0 Å². The Hall–Kier alpha value is -2.44. The highest BCUT2D eigenvalue weighted by molar-refractivity contribution is 5.50. The quantitative estimate of drug-likeness (QED) is 0.769. The molecule has 0 spiro atoms. The van der Waals surface area contributed by atoms with Crippen molar-refractivity contribution in [3.63, 3.8) is 0 Å². The third-order valence-corrected chi connectivity index (χ3v) is 5.34. The predicted octanol–water partition coefficient (Wildman–Crippen LogP) is 3.60. The molecule has 0 aliphatic carbocycles. The van der Waals surface area contributed by atoms with Gasteiger partial charge >= 0.3 is 0 Å². The molecule has 1 fully saturated rings. The Morgan fingerprint density at radius 3 is 2.52 bits per heavy atom. The number of hydrogen-bond acceptors (Lipinski definition) is 6. The number of benzene rings is 2. The number of nitrogens with one attached hydrogen (secondary N) is 1. The number of hydrogen-bond donors (Lipinski definition) is 1. The normalized spacial score (nSPS) is 17.6. The molecule has 2 aliphatic rings. The summed E-state index contributed by atoms with van der Waals surface area (Å²) in [7, 11) is 0. The van der Waals surface area contributed by atoms with Gasteiger partial charge in [0.25, 0.3) is 0 Å². The Bertz CT molecular complexity index is 819. The first kappa shape index (κ1) is 19.9. The van der Waals surface area contributed by atoms with Crippen LogP contribution in [0.2, 0.25) is 0 Å². The Balaban J connectivity index is 1.74. The predicted molar refractivity (Wildman–Crippen MR) is 112 cm³/mol. The summed E-state index contributed by atoms with van der Waals surface area (Å²) in [6, 6.07) is 12.7. The van der Waals surface area contributed by atoms with Gasteiger partial charge in [-0.3, -0.25) is 4.90 Å². The lowest BCUT2D eigenvalue weighted by Gasteiger charge is -2.32. The van der Waals surface area contributed by atoms with Crippen LogP contribution in [0, 0.1) is 0 Å². The molecule has 6 nitrogen and oxygen atoms in total. The van der Waals surface area contributed by atoms with Crippen molar-refractivity contribution in [2.75, 3.05) is 46.2 Å². The van der Waals surface area contributed by atoms with E-state index in [0.717, 1.165) is 55.6 Å². The SMILES string of the molecule is CCOc1ccc(C(c2ccc3c(c2)OCO3)N2CCCNCC2)cc1OCC. The third kappa shape index (κ3) is 4.43. The van der Waals surface area contributed by atoms with E-state index in [1.54, 1.807) is 0 Å². The molecule has 1 atom stereocenters. The highest BCUT2D eigenvalue weighted by Gasteiger charge is 2.26. The van der Waals surface area contributed by atoms with Gasteiger partial charge in [0.05, 0.1) is 19.3 Å². The molecule has 1 unspecified atom stereocenters. The van der Waals surface area contributed by atoms with Gasteiger partial charge in [-0.15, -0.1) is 0 Å². The zero-order valence-corrected chi connectivity index (χ0v) is 17.3. The second kappa shape index (κ2) is 9.37. The Morgan fingerprint density at radius 1 is 0.897 bits per heavy atom. The summed E-state index contributed by atoms with van der Waals surface area (Å²) in [5.74, 6) is 3.22. The van der Waals surface area contributed by atoms with Crippen LogP contribution in [0.1, 0.15) is 37.4 Å². The summed E-state index contributed by atoms with van der Waals surface area (Å²) in [5, 5.41) is 3.50. The third-order valence-electron chi connectivity index (χ3n) is 5.34. The average Bonchev–Trinajstić information content (AvgIpc) is 3.04. The first-order valence-electron chi connectivity index (χ1n) is 10.5. The Kier molecular flexibility index (Phi) is 6.42. The largest absolute Gasteiger partial charge is 0.490 e. The molecule has 4 rings (SSSR count). The minimum Gasteiger partial charge on any atom is -0.490 e. The van der Waals surface area contributed by atoms with Gasteiger partial charge in [-0.25, -0.2) is 0 Å². The summed E-state index contributed by atoms with van der Waals surface area (Å²) >= 11 is 0. The van der Waals surface area contributed by atoms with Gasteiger partial charge in [-0.2, -0.15) is 0 Å². The van der Waals surface area contributed by atoms with Gasteiger partial charge in [0.2, 0.25) is 6.79 Å². The van der Waals surface area contributed by atoms with Gasteiger partial charge < -0.3 is 24.3 Å². The zero-order valence-electron chi connectivity index (χ0n) is 17.3. The standard InChI is InChI=1S/C23H30N2O4/c1-3-26-19-8-6-17(14-21(19)27-4-2)23(25-12-5-10-24-11-13-25)18-7-9-20-22(15-18)29-16-28-20/h6-9,14-15,23-24H,3-5,10-13,16H2,1-2H3. The molecule has 1 saturated heterocycles. The van der Waals surface area contributed by atoms with Gasteiger partial charge in [-0.1, -0.05) is 12.1 Å². The van der Waals surface area contributed by atoms with Crippen LogP contribution in [0.15, 0.2) is 36.4 Å². The van der Waals surface area contributed by atoms with Crippen molar-refractivity contribution in [1.82, 2.24) is 10.2 Å². The molecule has 2 aromatic carbocycles. The molecular weight excluding hydrogens is 368 g/mol. The summed E-state index contributed by atoms with van der Waals surface area (Å²) in [4.78, 5) is 2.53. The first-order chi connectivity index (χ1) is 14.3. The van der Waals surface area contributed by atoms with Crippen molar-refractivity contribution >= 4 is 0 Å². The summed E-state index contributed by atoms with van der Waals surface area (Å²) in [5.41, 5.74) is 2.39. The van der Waals surface area contributed by atoms with Crippen molar-refractivity contribution in [3.8, 4) is 23.0 Å². The van der Waals surface area contributed by atoms with E-state index >= 15 is 0 Å². The maximum atomic E-state index is 5.90. The molecule has 2 aromatic rings. The molecule has 2 aliphatic heterocycles. The van der Waals surface area contributed by atoms with Gasteiger partial charge in [-0.05, 0) is 62.2 Å². The van der Waals surface area contributed by atoms with E-state index in [-0.39, 0.29) is 12.8 Å². The van der Waals surface area contributed by atoms with Crippen LogP contribution in [-0.4, -0.2) is 51.1 Å². The van der Waals surface area contributed by atoms with Crippen LogP contribution in [0.25, 0.3) is 0 Å². The number of fused-ring (bicyclic) bond motifs is 1. The van der Waals surface area contributed by atoms with E-state index in [2.05, 4.69) is 34.5 Å². The lowest BCUT2D eigenvalue weighted by molar-refractivity contribution is 0.173. The van der Waals surface area contributed by atoms with Gasteiger partial charge in [0.1, 0.15) is 0 Å². The molecule has 29 heavy (non-hydrogen) atoms. The topological polar surface area (TPSA) is 52.2 Å². The average molecular weight is 399 g/mol. The van der Waals surface area contributed by atoms with Crippen LogP contribution in [0.3, 0.4) is 0 Å². The van der Waals surface area contributed by atoms with Crippen molar-refractivity contribution < 1.29 is 18.9 Å². The first-order valence-corrected chi connectivity index (χ1v) is 10.5.